The molecule has 0 fully saturated rings. The summed E-state index contributed by atoms with van der Waals surface area (Å²) in [4.78, 5) is 32.3. The molecule has 2 rings (SSSR count). The zero-order valence-electron chi connectivity index (χ0n) is 11.4. The van der Waals surface area contributed by atoms with Crippen molar-refractivity contribution < 1.29 is 19.8 Å². The first kappa shape index (κ1) is 15.5. The van der Waals surface area contributed by atoms with Crippen molar-refractivity contribution in [2.45, 2.75) is 12.2 Å². The zero-order chi connectivity index (χ0) is 16.1. The predicted molar refractivity (Wildman–Crippen MR) is 76.8 cm³/mol. The standard InChI is InChI=1S/C14H14N4O4/c15-13(21)11(19)12(20)14(22)18(9-3-1-5-16-7-9)10-4-2-6-17-8-10/h1-8,11-12,19-20H,(H2,15,21). The van der Waals surface area contributed by atoms with Crippen LogP contribution >= 0.6 is 0 Å². The molecule has 0 aromatic carbocycles. The van der Waals surface area contributed by atoms with E-state index in [0.29, 0.717) is 11.4 Å². The molecule has 8 heteroatoms. The van der Waals surface area contributed by atoms with Crippen molar-refractivity contribution in [3.63, 3.8) is 0 Å². The second-order valence-corrected chi connectivity index (χ2v) is 4.39. The van der Waals surface area contributed by atoms with Gasteiger partial charge in [-0.25, -0.2) is 0 Å². The lowest BCUT2D eigenvalue weighted by Crippen LogP contribution is -2.48. The Bertz CT molecular complexity index is 611. The van der Waals surface area contributed by atoms with Crippen LogP contribution in [0, 0.1) is 0 Å². The highest BCUT2D eigenvalue weighted by atomic mass is 16.3. The number of aromatic nitrogens is 2. The minimum atomic E-state index is -2.01. The van der Waals surface area contributed by atoms with E-state index in [9.17, 15) is 19.8 Å². The summed E-state index contributed by atoms with van der Waals surface area (Å²) in [5.74, 6) is -2.12. The molecule has 0 aliphatic heterocycles. The average Bonchev–Trinajstić information content (AvgIpc) is 2.55. The summed E-state index contributed by atoms with van der Waals surface area (Å²) in [6.45, 7) is 0. The Kier molecular flexibility index (Phi) is 4.77. The number of nitrogens with two attached hydrogens (primary N) is 1. The van der Waals surface area contributed by atoms with Crippen molar-refractivity contribution in [1.29, 1.82) is 0 Å². The van der Waals surface area contributed by atoms with E-state index in [1.165, 1.54) is 24.8 Å². The summed E-state index contributed by atoms with van der Waals surface area (Å²) in [5, 5.41) is 19.4. The van der Waals surface area contributed by atoms with Gasteiger partial charge in [0.1, 0.15) is 0 Å². The van der Waals surface area contributed by atoms with E-state index < -0.39 is 24.0 Å². The molecule has 0 bridgehead atoms. The molecule has 0 saturated carbocycles. The van der Waals surface area contributed by atoms with Gasteiger partial charge >= 0.3 is 0 Å². The number of pyridine rings is 2. The Morgan fingerprint density at radius 1 is 1.00 bits per heavy atom. The quantitative estimate of drug-likeness (QED) is 0.673. The molecule has 2 aromatic heterocycles. The fourth-order valence-corrected chi connectivity index (χ4v) is 1.80. The van der Waals surface area contributed by atoms with Gasteiger partial charge in [0.15, 0.2) is 12.2 Å². The first-order valence-electron chi connectivity index (χ1n) is 6.32. The molecule has 0 saturated heterocycles. The molecular weight excluding hydrogens is 288 g/mol. The Balaban J connectivity index is 2.41. The van der Waals surface area contributed by atoms with Crippen LogP contribution in [0.5, 0.6) is 0 Å². The zero-order valence-corrected chi connectivity index (χ0v) is 11.4. The summed E-state index contributed by atoms with van der Waals surface area (Å²) in [6.07, 6.45) is 1.82. The number of anilines is 2. The molecular formula is C14H14N4O4. The summed E-state index contributed by atoms with van der Waals surface area (Å²) in [6, 6.07) is 6.37. The van der Waals surface area contributed by atoms with Crippen LogP contribution < -0.4 is 10.6 Å². The third-order valence-corrected chi connectivity index (χ3v) is 2.87. The summed E-state index contributed by atoms with van der Waals surface area (Å²) < 4.78 is 0. The molecule has 0 spiro atoms. The highest BCUT2D eigenvalue weighted by Gasteiger charge is 2.33. The van der Waals surface area contributed by atoms with Gasteiger partial charge in [0, 0.05) is 12.4 Å². The average molecular weight is 302 g/mol. The predicted octanol–water partition coefficient (Wildman–Crippen LogP) is -0.652. The number of rotatable bonds is 5. The minimum Gasteiger partial charge on any atom is -0.380 e. The van der Waals surface area contributed by atoms with Crippen molar-refractivity contribution in [3.05, 3.63) is 49.1 Å². The van der Waals surface area contributed by atoms with Gasteiger partial charge in [-0.2, -0.15) is 0 Å². The largest absolute Gasteiger partial charge is 0.380 e. The van der Waals surface area contributed by atoms with Crippen molar-refractivity contribution in [1.82, 2.24) is 9.97 Å². The number of nitrogens with zero attached hydrogens (tertiary/aromatic N) is 3. The van der Waals surface area contributed by atoms with E-state index in [1.807, 2.05) is 0 Å². The third kappa shape index (κ3) is 3.25. The topological polar surface area (TPSA) is 130 Å². The smallest absolute Gasteiger partial charge is 0.263 e. The second kappa shape index (κ2) is 6.74. The van der Waals surface area contributed by atoms with Crippen LogP contribution in [-0.2, 0) is 9.59 Å². The van der Waals surface area contributed by atoms with Crippen molar-refractivity contribution in [2.24, 2.45) is 5.73 Å². The van der Waals surface area contributed by atoms with Gasteiger partial charge in [-0.15, -0.1) is 0 Å². The van der Waals surface area contributed by atoms with E-state index in [1.54, 1.807) is 24.3 Å². The van der Waals surface area contributed by atoms with Gasteiger partial charge in [0.2, 0.25) is 5.91 Å². The lowest BCUT2D eigenvalue weighted by molar-refractivity contribution is -0.142. The molecule has 2 unspecified atom stereocenters. The Morgan fingerprint density at radius 2 is 1.50 bits per heavy atom. The summed E-state index contributed by atoms with van der Waals surface area (Å²) in [7, 11) is 0. The Morgan fingerprint density at radius 3 is 1.86 bits per heavy atom. The molecule has 2 atom stereocenters. The lowest BCUT2D eigenvalue weighted by atomic mass is 10.1. The van der Waals surface area contributed by atoms with Crippen LogP contribution in [0.15, 0.2) is 49.1 Å². The van der Waals surface area contributed by atoms with Crippen LogP contribution in [0.1, 0.15) is 0 Å². The molecule has 0 aliphatic carbocycles. The molecule has 0 radical (unpaired) electrons. The normalized spacial score (nSPS) is 13.2. The fraction of sp³-hybridized carbons (Fsp3) is 0.143. The number of amides is 2. The highest BCUT2D eigenvalue weighted by Crippen LogP contribution is 2.25. The van der Waals surface area contributed by atoms with Gasteiger partial charge in [0.25, 0.3) is 5.91 Å². The number of aliphatic hydroxyl groups is 2. The SMILES string of the molecule is NC(=O)C(O)C(O)C(=O)N(c1cccnc1)c1cccnc1. The van der Waals surface area contributed by atoms with E-state index in [4.69, 9.17) is 5.73 Å². The number of hydrogen-bond acceptors (Lipinski definition) is 6. The van der Waals surface area contributed by atoms with Gasteiger partial charge in [-0.3, -0.25) is 24.5 Å². The molecule has 4 N–H and O–H groups in total. The van der Waals surface area contributed by atoms with Crippen molar-refractivity contribution in [3.8, 4) is 0 Å². The van der Waals surface area contributed by atoms with Gasteiger partial charge in [-0.1, -0.05) is 0 Å². The van der Waals surface area contributed by atoms with Crippen LogP contribution in [0.2, 0.25) is 0 Å². The minimum absolute atomic E-state index is 0.344. The molecule has 2 aromatic rings. The number of hydrogen-bond donors (Lipinski definition) is 3. The number of carbonyl (C=O) groups is 2. The van der Waals surface area contributed by atoms with Crippen molar-refractivity contribution >= 4 is 23.2 Å². The van der Waals surface area contributed by atoms with Crippen LogP contribution in [0.4, 0.5) is 11.4 Å². The third-order valence-electron chi connectivity index (χ3n) is 2.87. The Labute approximate surface area is 125 Å². The lowest BCUT2D eigenvalue weighted by Gasteiger charge is -2.25. The first-order chi connectivity index (χ1) is 10.5. The number of aliphatic hydroxyl groups excluding tert-OH is 2. The van der Waals surface area contributed by atoms with E-state index >= 15 is 0 Å². The summed E-state index contributed by atoms with van der Waals surface area (Å²) >= 11 is 0. The summed E-state index contributed by atoms with van der Waals surface area (Å²) in [5.41, 5.74) is 5.60. The molecule has 2 heterocycles. The molecule has 0 aliphatic rings. The van der Waals surface area contributed by atoms with Crippen molar-refractivity contribution in [2.75, 3.05) is 4.90 Å². The van der Waals surface area contributed by atoms with E-state index in [0.717, 1.165) is 4.90 Å². The molecule has 2 amide bonds. The van der Waals surface area contributed by atoms with E-state index in [-0.39, 0.29) is 0 Å². The monoisotopic (exact) mass is 302 g/mol. The number of primary amides is 1. The maximum Gasteiger partial charge on any atom is 0.263 e. The number of carbonyl (C=O) groups excluding carboxylic acids is 2. The van der Waals surface area contributed by atoms with Gasteiger partial charge in [0.05, 0.1) is 23.8 Å². The van der Waals surface area contributed by atoms with E-state index in [2.05, 4.69) is 9.97 Å². The highest BCUT2D eigenvalue weighted by molar-refractivity contribution is 6.05. The second-order valence-electron chi connectivity index (χ2n) is 4.39. The first-order valence-corrected chi connectivity index (χ1v) is 6.32. The van der Waals surface area contributed by atoms with Crippen LogP contribution in [-0.4, -0.2) is 44.2 Å². The fourth-order valence-electron chi connectivity index (χ4n) is 1.80. The maximum absolute atomic E-state index is 12.4. The van der Waals surface area contributed by atoms with Gasteiger partial charge < -0.3 is 15.9 Å². The van der Waals surface area contributed by atoms with Crippen LogP contribution in [0.3, 0.4) is 0 Å². The van der Waals surface area contributed by atoms with Gasteiger partial charge in [-0.05, 0) is 24.3 Å². The molecule has 8 nitrogen and oxygen atoms in total. The molecule has 22 heavy (non-hydrogen) atoms. The maximum atomic E-state index is 12.4. The van der Waals surface area contributed by atoms with Crippen LogP contribution in [0.25, 0.3) is 0 Å². The molecule has 114 valence electrons. The Hall–Kier alpha value is -2.84.